The number of benzene rings is 3. The fourth-order valence-electron chi connectivity index (χ4n) is 9.85. The van der Waals surface area contributed by atoms with E-state index in [1.54, 1.807) is 17.0 Å². The second kappa shape index (κ2) is 17.8. The van der Waals surface area contributed by atoms with Gasteiger partial charge in [-0.25, -0.2) is 9.18 Å². The van der Waals surface area contributed by atoms with E-state index in [-0.39, 0.29) is 17.8 Å². The van der Waals surface area contributed by atoms with Crippen molar-refractivity contribution in [2.75, 3.05) is 32.8 Å². The molecule has 1 N–H and O–H groups in total. The monoisotopic (exact) mass is 802 g/mol. The smallest absolute Gasteiger partial charge is 0.409 e. The first-order chi connectivity index (χ1) is 28.1. The Morgan fingerprint density at radius 1 is 0.914 bits per heavy atom. The Bertz CT molecular complexity index is 2170. The van der Waals surface area contributed by atoms with Crippen molar-refractivity contribution in [3.8, 4) is 6.07 Å². The van der Waals surface area contributed by atoms with Crippen molar-refractivity contribution >= 4 is 29.2 Å². The number of ether oxygens (including phenoxy) is 1. The predicted molar refractivity (Wildman–Crippen MR) is 224 cm³/mol. The number of carbonyl (C=O) groups is 2. The van der Waals surface area contributed by atoms with E-state index in [1.165, 1.54) is 40.0 Å². The normalized spacial score (nSPS) is 24.6. The number of carboxylic acid groups (broad SMARTS) is 1. The van der Waals surface area contributed by atoms with Crippen molar-refractivity contribution in [1.82, 2.24) is 14.8 Å². The van der Waals surface area contributed by atoms with E-state index in [1.807, 2.05) is 62.5 Å². The number of likely N-dealkylation sites (tertiary alicyclic amines) is 2. The summed E-state index contributed by atoms with van der Waals surface area (Å²) in [7, 11) is 0. The number of piperidine rings is 2. The lowest BCUT2D eigenvalue weighted by atomic mass is 9.65. The first-order valence-electron chi connectivity index (χ1n) is 20.7. The lowest BCUT2D eigenvalue weighted by Gasteiger charge is -2.48. The Kier molecular flexibility index (Phi) is 12.7. The van der Waals surface area contributed by atoms with Crippen LogP contribution in [0, 0.1) is 23.1 Å². The van der Waals surface area contributed by atoms with E-state index in [9.17, 15) is 24.3 Å². The van der Waals surface area contributed by atoms with E-state index in [0.717, 1.165) is 86.3 Å². The maximum Gasteiger partial charge on any atom is 0.409 e. The highest BCUT2D eigenvalue weighted by Gasteiger charge is 2.50. The number of halogens is 2. The van der Waals surface area contributed by atoms with Crippen LogP contribution in [0.4, 0.5) is 9.18 Å². The number of fused-ring (bicyclic) bond motifs is 2. The number of carbonyl (C=O) groups excluding carboxylic acids is 1. The molecule has 0 bridgehead atoms. The van der Waals surface area contributed by atoms with Gasteiger partial charge >= 0.3 is 12.1 Å². The molecule has 2 aliphatic heterocycles. The largest absolute Gasteiger partial charge is 0.481 e. The molecule has 3 aromatic carbocycles. The highest BCUT2D eigenvalue weighted by atomic mass is 35.5. The van der Waals surface area contributed by atoms with Gasteiger partial charge in [0, 0.05) is 42.5 Å². The minimum Gasteiger partial charge on any atom is -0.481 e. The third-order valence-corrected chi connectivity index (χ3v) is 13.4. The van der Waals surface area contributed by atoms with Gasteiger partial charge in [0.25, 0.3) is 0 Å². The van der Waals surface area contributed by atoms with Crippen LogP contribution in [0.3, 0.4) is 0 Å². The second-order valence-electron chi connectivity index (χ2n) is 16.2. The van der Waals surface area contributed by atoms with Crippen LogP contribution in [0.15, 0.2) is 96.7 Å². The molecule has 8 nitrogen and oxygen atoms in total. The van der Waals surface area contributed by atoms with E-state index in [4.69, 9.17) is 21.3 Å². The van der Waals surface area contributed by atoms with Gasteiger partial charge in [-0.15, -0.1) is 0 Å². The number of aliphatic carboxylic acids is 1. The number of aromatic nitrogens is 1. The first kappa shape index (κ1) is 41.1. The highest BCUT2D eigenvalue weighted by molar-refractivity contribution is 6.30. The van der Waals surface area contributed by atoms with E-state index in [0.29, 0.717) is 32.2 Å². The van der Waals surface area contributed by atoms with Crippen LogP contribution in [-0.4, -0.2) is 70.8 Å². The maximum absolute atomic E-state index is 13.3. The number of hydrogen-bond acceptors (Lipinski definition) is 6. The summed E-state index contributed by atoms with van der Waals surface area (Å²) in [6.07, 6.45) is 9.11. The number of nitriles is 1. The van der Waals surface area contributed by atoms with Gasteiger partial charge in [0.2, 0.25) is 0 Å². The lowest BCUT2D eigenvalue weighted by Crippen LogP contribution is -2.56. The van der Waals surface area contributed by atoms with Gasteiger partial charge < -0.3 is 19.6 Å². The molecule has 1 saturated carbocycles. The van der Waals surface area contributed by atoms with Gasteiger partial charge in [-0.05, 0) is 135 Å². The molecule has 8 rings (SSSR count). The number of pyridine rings is 1. The number of nitrogens with zero attached hydrogens (tertiary/aromatic N) is 4. The van der Waals surface area contributed by atoms with Crippen LogP contribution in [0.25, 0.3) is 5.57 Å². The fourth-order valence-corrected chi connectivity index (χ4v) is 10.0. The Balaban J connectivity index is 0.000000178. The summed E-state index contributed by atoms with van der Waals surface area (Å²) in [5.41, 5.74) is 7.84. The zero-order chi connectivity index (χ0) is 40.9. The molecule has 3 heterocycles. The van der Waals surface area contributed by atoms with Crippen LogP contribution in [0.2, 0.25) is 5.02 Å². The number of aryl methyl sites for hydroxylation is 2. The van der Waals surface area contributed by atoms with Crippen LogP contribution in [0.5, 0.6) is 0 Å². The van der Waals surface area contributed by atoms with Crippen LogP contribution in [0.1, 0.15) is 92.3 Å². The number of amides is 1. The standard InChI is InChI=1S/C26H29FN2O2.C22H23ClN2O2/c1-19-17-29(16-15-26(19,24(30)31)21-5-3-2-4-6-21)23-11-13-25(18-28,14-12-23)20-7-9-22(27)10-8-20;1-2-27-22(26)25-12-9-15(10-13-25)20-19-8-7-18(23)14-17(19)6-5-16-4-3-11-24-21(16)20/h2-10,19,23H,11-17H2,1H3,(H,30,31);3-4,7-8,11,14H,2,5-6,9-10,12-13H2,1H3/t19-,23-,25-,26-;/m1./s1. The van der Waals surface area contributed by atoms with Gasteiger partial charge in [0.15, 0.2) is 0 Å². The fraction of sp³-hybridized carbons (Fsp3) is 0.417. The molecule has 2 atom stereocenters. The summed E-state index contributed by atoms with van der Waals surface area (Å²) in [5.74, 6) is -1.04. The summed E-state index contributed by atoms with van der Waals surface area (Å²) in [5, 5.41) is 20.9. The molecule has 3 fully saturated rings. The van der Waals surface area contributed by atoms with Crippen molar-refractivity contribution in [3.63, 3.8) is 0 Å². The van der Waals surface area contributed by atoms with Gasteiger partial charge in [0.1, 0.15) is 5.82 Å². The number of carboxylic acids is 1. The average Bonchev–Trinajstić information content (AvgIpc) is 3.41. The third-order valence-electron chi connectivity index (χ3n) is 13.1. The van der Waals surface area contributed by atoms with Gasteiger partial charge in [0.05, 0.1) is 29.2 Å². The number of rotatable bonds is 5. The Hall–Kier alpha value is -5.04. The van der Waals surface area contributed by atoms with Crippen LogP contribution >= 0.6 is 11.6 Å². The second-order valence-corrected chi connectivity index (χ2v) is 16.6. The molecule has 302 valence electrons. The summed E-state index contributed by atoms with van der Waals surface area (Å²) in [4.78, 5) is 33.4. The molecule has 2 saturated heterocycles. The first-order valence-corrected chi connectivity index (χ1v) is 21.0. The Morgan fingerprint density at radius 2 is 1.62 bits per heavy atom. The van der Waals surface area contributed by atoms with Crippen LogP contribution < -0.4 is 0 Å². The van der Waals surface area contributed by atoms with Crippen molar-refractivity contribution in [3.05, 3.63) is 141 Å². The summed E-state index contributed by atoms with van der Waals surface area (Å²) in [6.45, 7) is 7.15. The van der Waals surface area contributed by atoms with Gasteiger partial charge in [-0.3, -0.25) is 9.78 Å². The zero-order valence-electron chi connectivity index (χ0n) is 33.4. The van der Waals surface area contributed by atoms with Gasteiger partial charge in [-0.2, -0.15) is 5.26 Å². The molecule has 1 aromatic heterocycles. The highest BCUT2D eigenvalue weighted by Crippen LogP contribution is 2.45. The molecule has 4 aromatic rings. The summed E-state index contributed by atoms with van der Waals surface area (Å²) >= 11 is 6.27. The molecular formula is C48H52ClFN4O4. The average molecular weight is 803 g/mol. The van der Waals surface area contributed by atoms with E-state index < -0.39 is 16.8 Å². The van der Waals surface area contributed by atoms with Crippen molar-refractivity contribution < 1.29 is 23.8 Å². The number of hydrogen-bond donors (Lipinski definition) is 1. The van der Waals surface area contributed by atoms with E-state index >= 15 is 0 Å². The topological polar surface area (TPSA) is 107 Å². The molecule has 2 aliphatic carbocycles. The van der Waals surface area contributed by atoms with Crippen molar-refractivity contribution in [1.29, 1.82) is 5.26 Å². The third kappa shape index (κ3) is 8.28. The summed E-state index contributed by atoms with van der Waals surface area (Å²) < 4.78 is 18.5. The molecular weight excluding hydrogens is 751 g/mol. The molecule has 10 heteroatoms. The Labute approximate surface area is 346 Å². The molecule has 0 radical (unpaired) electrons. The molecule has 0 spiro atoms. The molecule has 1 amide bonds. The maximum atomic E-state index is 13.3. The molecule has 4 aliphatic rings. The lowest BCUT2D eigenvalue weighted by molar-refractivity contribution is -0.149. The van der Waals surface area contributed by atoms with Crippen molar-refractivity contribution in [2.45, 2.75) is 88.5 Å². The van der Waals surface area contributed by atoms with Crippen LogP contribution in [-0.2, 0) is 33.2 Å². The molecule has 58 heavy (non-hydrogen) atoms. The molecule has 0 unspecified atom stereocenters. The zero-order valence-corrected chi connectivity index (χ0v) is 34.2. The predicted octanol–water partition coefficient (Wildman–Crippen LogP) is 9.78. The summed E-state index contributed by atoms with van der Waals surface area (Å²) in [6, 6.07) is 29.2. The van der Waals surface area contributed by atoms with Gasteiger partial charge in [-0.1, -0.05) is 78.7 Å². The Morgan fingerprint density at radius 3 is 2.28 bits per heavy atom. The quantitative estimate of drug-likeness (QED) is 0.214. The van der Waals surface area contributed by atoms with E-state index in [2.05, 4.69) is 29.2 Å². The minimum atomic E-state index is -0.850. The minimum absolute atomic E-state index is 0.0131. The SMILES string of the molecule is CCOC(=O)N1CCC(=C2c3ccc(Cl)cc3CCc3cccnc32)CC1.C[C@@H]1CN([C@H]2CC[C@](C#N)(c3ccc(F)cc3)CC2)CC[C@]1(C(=O)O)c1ccccc1. The van der Waals surface area contributed by atoms with Crippen molar-refractivity contribution in [2.24, 2.45) is 5.92 Å².